The first kappa shape index (κ1) is 19.6. The van der Waals surface area contributed by atoms with Gasteiger partial charge in [0.1, 0.15) is 0 Å². The number of anilines is 1. The van der Waals surface area contributed by atoms with Crippen LogP contribution in [-0.4, -0.2) is 10.9 Å². The molecular formula is C24H21ClN2OS. The zero-order valence-electron chi connectivity index (χ0n) is 16.3. The maximum Gasteiger partial charge on any atom is 0.229 e. The summed E-state index contributed by atoms with van der Waals surface area (Å²) < 4.78 is 0. The Morgan fingerprint density at radius 2 is 1.79 bits per heavy atom. The fourth-order valence-electron chi connectivity index (χ4n) is 3.42. The molecule has 146 valence electrons. The Hall–Kier alpha value is -2.69. The molecule has 0 saturated carbocycles. The van der Waals surface area contributed by atoms with E-state index in [9.17, 15) is 4.79 Å². The molecule has 0 spiro atoms. The van der Waals surface area contributed by atoms with Crippen LogP contribution in [0.2, 0.25) is 5.02 Å². The number of hydrogen-bond acceptors (Lipinski definition) is 3. The molecule has 3 aromatic carbocycles. The molecule has 4 aromatic rings. The van der Waals surface area contributed by atoms with E-state index in [1.54, 1.807) is 11.3 Å². The minimum absolute atomic E-state index is 0.0566. The number of aromatic nitrogens is 1. The average molecular weight is 421 g/mol. The number of halogens is 1. The lowest BCUT2D eigenvalue weighted by Crippen LogP contribution is -2.15. The molecule has 1 aromatic heterocycles. The molecule has 3 nitrogen and oxygen atoms in total. The minimum atomic E-state index is -0.0566. The van der Waals surface area contributed by atoms with Crippen molar-refractivity contribution < 1.29 is 4.79 Å². The molecule has 0 unspecified atom stereocenters. The quantitative estimate of drug-likeness (QED) is 0.409. The summed E-state index contributed by atoms with van der Waals surface area (Å²) in [7, 11) is 0. The van der Waals surface area contributed by atoms with Gasteiger partial charge >= 0.3 is 0 Å². The smallest absolute Gasteiger partial charge is 0.229 e. The molecule has 0 atom stereocenters. The topological polar surface area (TPSA) is 42.0 Å². The number of thiazole rings is 1. The summed E-state index contributed by atoms with van der Waals surface area (Å²) in [5, 5.41) is 7.12. The van der Waals surface area contributed by atoms with Crippen molar-refractivity contribution >= 4 is 45.3 Å². The maximum absolute atomic E-state index is 12.6. The molecule has 0 aliphatic heterocycles. The van der Waals surface area contributed by atoms with Crippen molar-refractivity contribution in [3.05, 3.63) is 92.4 Å². The number of carbonyl (C=O) groups excluding carboxylic acids is 1. The molecule has 0 aliphatic carbocycles. The maximum atomic E-state index is 12.6. The second kappa shape index (κ2) is 8.36. The number of amides is 1. The Morgan fingerprint density at radius 1 is 1.03 bits per heavy atom. The fourth-order valence-corrected chi connectivity index (χ4v) is 4.69. The number of hydrogen-bond donors (Lipinski definition) is 1. The summed E-state index contributed by atoms with van der Waals surface area (Å²) in [6.45, 7) is 3.87. The number of carbonyl (C=O) groups is 1. The lowest BCUT2D eigenvalue weighted by molar-refractivity contribution is -0.115. The molecule has 0 radical (unpaired) electrons. The first-order valence-electron chi connectivity index (χ1n) is 9.48. The van der Waals surface area contributed by atoms with E-state index in [-0.39, 0.29) is 5.91 Å². The van der Waals surface area contributed by atoms with Gasteiger partial charge in [-0.2, -0.15) is 0 Å². The Balaban J connectivity index is 1.50. The van der Waals surface area contributed by atoms with Gasteiger partial charge in [-0.15, -0.1) is 11.3 Å². The van der Waals surface area contributed by atoms with E-state index in [4.69, 9.17) is 16.6 Å². The molecule has 0 fully saturated rings. The second-order valence-corrected chi connectivity index (χ2v) is 8.64. The van der Waals surface area contributed by atoms with Crippen molar-refractivity contribution in [1.29, 1.82) is 0 Å². The standard InChI is InChI=1S/C24H21ClN2OS/c1-15-20(25)11-6-12-21(15)27-23(28)14-22-16(2)26-24(29-22)13-18-9-5-8-17-7-3-4-10-19(17)18/h3-12H,13-14H2,1-2H3,(H,27,28). The third kappa shape index (κ3) is 4.34. The monoisotopic (exact) mass is 420 g/mol. The lowest BCUT2D eigenvalue weighted by atomic mass is 10.0. The second-order valence-electron chi connectivity index (χ2n) is 7.07. The number of benzene rings is 3. The molecule has 0 bridgehead atoms. The zero-order chi connectivity index (χ0) is 20.4. The first-order chi connectivity index (χ1) is 14.0. The van der Waals surface area contributed by atoms with Crippen LogP contribution in [0.5, 0.6) is 0 Å². The van der Waals surface area contributed by atoms with Crippen LogP contribution in [0.3, 0.4) is 0 Å². The predicted molar refractivity (Wildman–Crippen MR) is 122 cm³/mol. The molecule has 29 heavy (non-hydrogen) atoms. The molecule has 5 heteroatoms. The Bertz CT molecular complexity index is 1190. The Morgan fingerprint density at radius 3 is 2.66 bits per heavy atom. The number of aryl methyl sites for hydroxylation is 1. The Kier molecular flexibility index (Phi) is 5.65. The van der Waals surface area contributed by atoms with Crippen molar-refractivity contribution in [2.75, 3.05) is 5.32 Å². The third-order valence-electron chi connectivity index (χ3n) is 5.02. The number of fused-ring (bicyclic) bond motifs is 1. The number of nitrogens with zero attached hydrogens (tertiary/aromatic N) is 1. The fraction of sp³-hybridized carbons (Fsp3) is 0.167. The highest BCUT2D eigenvalue weighted by Gasteiger charge is 2.14. The van der Waals surface area contributed by atoms with E-state index >= 15 is 0 Å². The summed E-state index contributed by atoms with van der Waals surface area (Å²) in [6, 6.07) is 20.3. The van der Waals surface area contributed by atoms with Crippen LogP contribution in [0.25, 0.3) is 10.8 Å². The number of rotatable bonds is 5. The minimum Gasteiger partial charge on any atom is -0.325 e. The van der Waals surface area contributed by atoms with Crippen molar-refractivity contribution in [3.63, 3.8) is 0 Å². The van der Waals surface area contributed by atoms with Gasteiger partial charge in [-0.25, -0.2) is 4.98 Å². The summed E-state index contributed by atoms with van der Waals surface area (Å²) in [5.74, 6) is -0.0566. The largest absolute Gasteiger partial charge is 0.325 e. The van der Waals surface area contributed by atoms with Crippen LogP contribution in [-0.2, 0) is 17.6 Å². The van der Waals surface area contributed by atoms with Crippen LogP contribution < -0.4 is 5.32 Å². The summed E-state index contributed by atoms with van der Waals surface area (Å²) >= 11 is 7.76. The van der Waals surface area contributed by atoms with E-state index in [0.717, 1.165) is 33.3 Å². The van der Waals surface area contributed by atoms with Gasteiger partial charge in [0, 0.05) is 22.0 Å². The van der Waals surface area contributed by atoms with Gasteiger partial charge < -0.3 is 5.32 Å². The molecular weight excluding hydrogens is 400 g/mol. The van der Waals surface area contributed by atoms with Crippen molar-refractivity contribution in [1.82, 2.24) is 4.98 Å². The lowest BCUT2D eigenvalue weighted by Gasteiger charge is -2.09. The van der Waals surface area contributed by atoms with Gasteiger partial charge in [0.25, 0.3) is 0 Å². The summed E-state index contributed by atoms with van der Waals surface area (Å²) in [6.07, 6.45) is 1.08. The molecule has 1 amide bonds. The van der Waals surface area contributed by atoms with Gasteiger partial charge in [0.2, 0.25) is 5.91 Å². The van der Waals surface area contributed by atoms with Gasteiger partial charge in [0.15, 0.2) is 0 Å². The highest BCUT2D eigenvalue weighted by atomic mass is 35.5. The highest BCUT2D eigenvalue weighted by Crippen LogP contribution is 2.27. The van der Waals surface area contributed by atoms with Crippen molar-refractivity contribution in [2.24, 2.45) is 0 Å². The summed E-state index contributed by atoms with van der Waals surface area (Å²) in [4.78, 5) is 18.3. The first-order valence-corrected chi connectivity index (χ1v) is 10.7. The molecule has 1 heterocycles. The van der Waals surface area contributed by atoms with Crippen LogP contribution in [0.4, 0.5) is 5.69 Å². The van der Waals surface area contributed by atoms with E-state index in [0.29, 0.717) is 11.4 Å². The van der Waals surface area contributed by atoms with Crippen LogP contribution >= 0.6 is 22.9 Å². The van der Waals surface area contributed by atoms with Crippen LogP contribution in [0.15, 0.2) is 60.7 Å². The van der Waals surface area contributed by atoms with Crippen molar-refractivity contribution in [3.8, 4) is 0 Å². The van der Waals surface area contributed by atoms with Gasteiger partial charge in [0.05, 0.1) is 17.1 Å². The van der Waals surface area contributed by atoms with E-state index in [1.165, 1.54) is 16.3 Å². The zero-order valence-corrected chi connectivity index (χ0v) is 17.9. The van der Waals surface area contributed by atoms with E-state index in [2.05, 4.69) is 47.8 Å². The van der Waals surface area contributed by atoms with E-state index < -0.39 is 0 Å². The summed E-state index contributed by atoms with van der Waals surface area (Å²) in [5.41, 5.74) is 3.80. The number of nitrogens with one attached hydrogen (secondary N) is 1. The average Bonchev–Trinajstić information content (AvgIpc) is 3.04. The Labute approximate surface area is 179 Å². The van der Waals surface area contributed by atoms with E-state index in [1.807, 2.05) is 32.0 Å². The van der Waals surface area contributed by atoms with Crippen LogP contribution in [0, 0.1) is 13.8 Å². The molecule has 0 aliphatic rings. The SMILES string of the molecule is Cc1nc(Cc2cccc3ccccc23)sc1CC(=O)Nc1cccc(Cl)c1C. The molecule has 4 rings (SSSR count). The van der Waals surface area contributed by atoms with Crippen molar-refractivity contribution in [2.45, 2.75) is 26.7 Å². The van der Waals surface area contributed by atoms with Gasteiger partial charge in [-0.3, -0.25) is 4.79 Å². The van der Waals surface area contributed by atoms with Gasteiger partial charge in [-0.05, 0) is 47.9 Å². The molecule has 1 N–H and O–H groups in total. The third-order valence-corrected chi connectivity index (χ3v) is 6.59. The van der Waals surface area contributed by atoms with Gasteiger partial charge in [-0.1, -0.05) is 60.1 Å². The normalized spacial score (nSPS) is 11.0. The predicted octanol–water partition coefficient (Wildman–Crippen LogP) is 6.34. The van der Waals surface area contributed by atoms with Crippen LogP contribution in [0.1, 0.15) is 26.7 Å². The highest BCUT2D eigenvalue weighted by molar-refractivity contribution is 7.11. The molecule has 0 saturated heterocycles.